The summed E-state index contributed by atoms with van der Waals surface area (Å²) in [7, 11) is 0. The standard InChI is InChI=1S/C23H40O13/c1-2-28-5-6-29-7-8-30-9-10-31-11-12-32-13-14-33-15-16-34-17-18-35-19-20-36-22(25)4-3-21(24)23(26)27/h2H,1,3-20H2,(H,26,27). The second kappa shape index (κ2) is 27.5. The molecule has 13 nitrogen and oxygen atoms in total. The van der Waals surface area contributed by atoms with Gasteiger partial charge in [0, 0.05) is 6.42 Å². The van der Waals surface area contributed by atoms with Gasteiger partial charge >= 0.3 is 11.9 Å². The maximum absolute atomic E-state index is 11.3. The van der Waals surface area contributed by atoms with Gasteiger partial charge in [0.25, 0.3) is 0 Å². The van der Waals surface area contributed by atoms with Gasteiger partial charge < -0.3 is 47.7 Å². The van der Waals surface area contributed by atoms with Crippen LogP contribution in [0.4, 0.5) is 0 Å². The lowest BCUT2D eigenvalue weighted by Gasteiger charge is -2.08. The van der Waals surface area contributed by atoms with E-state index in [1.165, 1.54) is 6.26 Å². The molecule has 0 spiro atoms. The zero-order valence-electron chi connectivity index (χ0n) is 20.9. The van der Waals surface area contributed by atoms with Crippen LogP contribution in [0, 0.1) is 0 Å². The molecule has 0 aliphatic carbocycles. The summed E-state index contributed by atoms with van der Waals surface area (Å²) in [5.41, 5.74) is 0. The lowest BCUT2D eigenvalue weighted by molar-refractivity contribution is -0.151. The van der Waals surface area contributed by atoms with Gasteiger partial charge in [-0.05, 0) is 0 Å². The van der Waals surface area contributed by atoms with Gasteiger partial charge in [-0.1, -0.05) is 6.58 Å². The van der Waals surface area contributed by atoms with Gasteiger partial charge in [-0.3, -0.25) is 9.59 Å². The molecule has 0 saturated heterocycles. The van der Waals surface area contributed by atoms with E-state index >= 15 is 0 Å². The zero-order valence-corrected chi connectivity index (χ0v) is 20.9. The molecule has 0 atom stereocenters. The Hall–Kier alpha value is -2.13. The molecule has 0 aliphatic heterocycles. The van der Waals surface area contributed by atoms with Crippen LogP contribution in [0.25, 0.3) is 0 Å². The highest BCUT2D eigenvalue weighted by Crippen LogP contribution is 1.95. The van der Waals surface area contributed by atoms with Gasteiger partial charge in [0.15, 0.2) is 0 Å². The van der Waals surface area contributed by atoms with Gasteiger partial charge in [0.05, 0.1) is 105 Å². The number of aliphatic carboxylic acids is 1. The molecular weight excluding hydrogens is 484 g/mol. The second-order valence-electron chi connectivity index (χ2n) is 6.77. The predicted octanol–water partition coefficient (Wildman–Crippen LogP) is 0.240. The fraction of sp³-hybridized carbons (Fsp3) is 0.783. The van der Waals surface area contributed by atoms with Gasteiger partial charge in [-0.2, -0.15) is 0 Å². The Morgan fingerprint density at radius 2 is 0.861 bits per heavy atom. The smallest absolute Gasteiger partial charge is 0.372 e. The molecule has 0 saturated carbocycles. The van der Waals surface area contributed by atoms with Crippen LogP contribution < -0.4 is 0 Å². The highest BCUT2D eigenvalue weighted by Gasteiger charge is 2.14. The lowest BCUT2D eigenvalue weighted by atomic mass is 10.2. The van der Waals surface area contributed by atoms with Crippen LogP contribution >= 0.6 is 0 Å². The molecule has 0 aromatic heterocycles. The SMILES string of the molecule is C=COCCOCCOCCOCCOCCOCCOCCOCCOC(=O)CCC(=O)C(=O)O. The third-order valence-corrected chi connectivity index (χ3v) is 3.98. The molecule has 0 aromatic carbocycles. The summed E-state index contributed by atoms with van der Waals surface area (Å²) < 4.78 is 47.1. The van der Waals surface area contributed by atoms with E-state index in [9.17, 15) is 14.4 Å². The van der Waals surface area contributed by atoms with Crippen molar-refractivity contribution in [2.24, 2.45) is 0 Å². The van der Waals surface area contributed by atoms with Crippen molar-refractivity contribution < 1.29 is 62.1 Å². The Balaban J connectivity index is 3.14. The summed E-state index contributed by atoms with van der Waals surface area (Å²) in [6.45, 7) is 9.99. The van der Waals surface area contributed by atoms with Crippen LogP contribution in [0.3, 0.4) is 0 Å². The third-order valence-electron chi connectivity index (χ3n) is 3.98. The maximum Gasteiger partial charge on any atom is 0.372 e. The first-order chi connectivity index (χ1) is 17.6. The number of hydrogen-bond donors (Lipinski definition) is 1. The van der Waals surface area contributed by atoms with E-state index in [0.29, 0.717) is 92.5 Å². The molecule has 0 bridgehead atoms. The Bertz CT molecular complexity index is 556. The van der Waals surface area contributed by atoms with E-state index in [1.54, 1.807) is 0 Å². The molecule has 0 aromatic rings. The molecule has 0 radical (unpaired) electrons. The number of carboxylic acids is 1. The van der Waals surface area contributed by atoms with E-state index in [4.69, 9.17) is 47.7 Å². The molecule has 0 rings (SSSR count). The number of esters is 1. The van der Waals surface area contributed by atoms with Crippen molar-refractivity contribution in [2.75, 3.05) is 106 Å². The number of carbonyl (C=O) groups excluding carboxylic acids is 2. The number of carbonyl (C=O) groups is 3. The number of hydrogen-bond acceptors (Lipinski definition) is 12. The van der Waals surface area contributed by atoms with Crippen molar-refractivity contribution in [3.63, 3.8) is 0 Å². The van der Waals surface area contributed by atoms with Crippen LogP contribution in [-0.2, 0) is 57.0 Å². The number of carboxylic acid groups (broad SMARTS) is 1. The Kier molecular flexibility index (Phi) is 25.8. The average Bonchev–Trinajstić information content (AvgIpc) is 2.87. The monoisotopic (exact) mass is 524 g/mol. The summed E-state index contributed by atoms with van der Waals surface area (Å²) in [5, 5.41) is 8.41. The first-order valence-corrected chi connectivity index (χ1v) is 11.8. The Morgan fingerprint density at radius 3 is 1.19 bits per heavy atom. The fourth-order valence-electron chi connectivity index (χ4n) is 2.22. The van der Waals surface area contributed by atoms with E-state index in [-0.39, 0.29) is 26.1 Å². The molecule has 0 fully saturated rings. The number of rotatable bonds is 29. The first kappa shape index (κ1) is 33.9. The summed E-state index contributed by atoms with van der Waals surface area (Å²) in [4.78, 5) is 32.5. The minimum atomic E-state index is -1.56. The number of Topliss-reactive ketones (excluding diaryl/α,β-unsaturated/α-hetero) is 1. The molecule has 0 amide bonds. The summed E-state index contributed by atoms with van der Waals surface area (Å²) in [6, 6.07) is 0. The minimum Gasteiger partial charge on any atom is -0.499 e. The molecule has 0 unspecified atom stereocenters. The van der Waals surface area contributed by atoms with Crippen LogP contribution in [0.5, 0.6) is 0 Å². The van der Waals surface area contributed by atoms with Crippen LogP contribution in [0.15, 0.2) is 12.8 Å². The topological polar surface area (TPSA) is 155 Å². The minimum absolute atomic E-state index is 0.0188. The van der Waals surface area contributed by atoms with E-state index < -0.39 is 17.7 Å². The molecular formula is C23H40O13. The summed E-state index contributed by atoms with van der Waals surface area (Å²) in [5.74, 6) is -3.23. The second-order valence-corrected chi connectivity index (χ2v) is 6.77. The third kappa shape index (κ3) is 26.5. The highest BCUT2D eigenvalue weighted by atomic mass is 16.6. The highest BCUT2D eigenvalue weighted by molar-refractivity contribution is 6.32. The van der Waals surface area contributed by atoms with Crippen molar-refractivity contribution in [1.82, 2.24) is 0 Å². The van der Waals surface area contributed by atoms with Crippen molar-refractivity contribution in [1.29, 1.82) is 0 Å². The zero-order chi connectivity index (χ0) is 26.5. The van der Waals surface area contributed by atoms with Gasteiger partial charge in [-0.15, -0.1) is 0 Å². The van der Waals surface area contributed by atoms with Crippen LogP contribution in [0.1, 0.15) is 12.8 Å². The predicted molar refractivity (Wildman–Crippen MR) is 125 cm³/mol. The molecule has 0 heterocycles. The average molecular weight is 525 g/mol. The number of ketones is 1. The van der Waals surface area contributed by atoms with Crippen molar-refractivity contribution in [3.8, 4) is 0 Å². The van der Waals surface area contributed by atoms with Gasteiger partial charge in [0.1, 0.15) is 13.2 Å². The fourth-order valence-corrected chi connectivity index (χ4v) is 2.22. The summed E-state index contributed by atoms with van der Waals surface area (Å²) in [6.07, 6.45) is 0.727. The van der Waals surface area contributed by atoms with Crippen molar-refractivity contribution >= 4 is 17.7 Å². The summed E-state index contributed by atoms with van der Waals surface area (Å²) >= 11 is 0. The quantitative estimate of drug-likeness (QED) is 0.0615. The lowest BCUT2D eigenvalue weighted by Crippen LogP contribution is -2.17. The van der Waals surface area contributed by atoms with E-state index in [2.05, 4.69) is 6.58 Å². The number of ether oxygens (including phenoxy) is 9. The van der Waals surface area contributed by atoms with Crippen LogP contribution in [0.2, 0.25) is 0 Å². The molecule has 0 aliphatic rings. The van der Waals surface area contributed by atoms with Crippen LogP contribution in [-0.4, -0.2) is 129 Å². The molecule has 210 valence electrons. The first-order valence-electron chi connectivity index (χ1n) is 11.8. The van der Waals surface area contributed by atoms with Gasteiger partial charge in [0.2, 0.25) is 5.78 Å². The Morgan fingerprint density at radius 1 is 0.528 bits per heavy atom. The Labute approximate surface area is 211 Å². The van der Waals surface area contributed by atoms with Crippen molar-refractivity contribution in [2.45, 2.75) is 12.8 Å². The van der Waals surface area contributed by atoms with Gasteiger partial charge in [-0.25, -0.2) is 4.79 Å². The molecule has 13 heteroatoms. The van der Waals surface area contributed by atoms with E-state index in [0.717, 1.165) is 0 Å². The molecule has 1 N–H and O–H groups in total. The molecule has 36 heavy (non-hydrogen) atoms. The van der Waals surface area contributed by atoms with Crippen molar-refractivity contribution in [3.05, 3.63) is 12.8 Å². The van der Waals surface area contributed by atoms with E-state index in [1.807, 2.05) is 0 Å². The normalized spacial score (nSPS) is 10.8. The largest absolute Gasteiger partial charge is 0.499 e. The maximum atomic E-state index is 11.3.